The number of aromatic amines is 1. The maximum atomic E-state index is 13.4. The van der Waals surface area contributed by atoms with Gasteiger partial charge in [-0.2, -0.15) is 0 Å². The molecule has 1 heterocycles. The van der Waals surface area contributed by atoms with Crippen molar-refractivity contribution >= 4 is 10.9 Å². The van der Waals surface area contributed by atoms with E-state index < -0.39 is 0 Å². The Morgan fingerprint density at radius 1 is 1.38 bits per heavy atom. The van der Waals surface area contributed by atoms with Crippen molar-refractivity contribution in [2.24, 2.45) is 0 Å². The Kier molecular flexibility index (Phi) is 2.83. The van der Waals surface area contributed by atoms with Crippen molar-refractivity contribution in [3.8, 4) is 5.75 Å². The highest BCUT2D eigenvalue weighted by atomic mass is 19.1. The first-order chi connectivity index (χ1) is 7.59. The van der Waals surface area contributed by atoms with Gasteiger partial charge in [0.2, 0.25) is 0 Å². The van der Waals surface area contributed by atoms with E-state index >= 15 is 0 Å². The molecule has 0 saturated carbocycles. The van der Waals surface area contributed by atoms with Gasteiger partial charge in [-0.3, -0.25) is 0 Å². The van der Waals surface area contributed by atoms with Gasteiger partial charge < -0.3 is 15.0 Å². The van der Waals surface area contributed by atoms with Crippen LogP contribution in [0.3, 0.4) is 0 Å². The number of aromatic nitrogens is 1. The smallest absolute Gasteiger partial charge is 0.147 e. The number of aromatic hydroxyl groups is 1. The summed E-state index contributed by atoms with van der Waals surface area (Å²) in [5.41, 5.74) is 1.36. The highest BCUT2D eigenvalue weighted by Crippen LogP contribution is 2.29. The fourth-order valence-electron chi connectivity index (χ4n) is 1.85. The minimum atomic E-state index is -0.323. The van der Waals surface area contributed by atoms with Crippen LogP contribution in [0.25, 0.3) is 10.9 Å². The molecule has 0 bridgehead atoms. The molecule has 4 heteroatoms. The van der Waals surface area contributed by atoms with Gasteiger partial charge in [0.15, 0.2) is 0 Å². The van der Waals surface area contributed by atoms with E-state index in [4.69, 9.17) is 0 Å². The molecule has 2 aromatic rings. The number of H-pyrrole nitrogens is 1. The van der Waals surface area contributed by atoms with Crippen molar-refractivity contribution in [3.63, 3.8) is 0 Å². The zero-order chi connectivity index (χ0) is 11.7. The molecule has 0 radical (unpaired) electrons. The van der Waals surface area contributed by atoms with Crippen molar-refractivity contribution in [2.45, 2.75) is 6.42 Å². The lowest BCUT2D eigenvalue weighted by atomic mass is 10.1. The maximum absolute atomic E-state index is 13.4. The Hall–Kier alpha value is -1.55. The molecule has 2 rings (SSSR count). The van der Waals surface area contributed by atoms with Gasteiger partial charge in [0.05, 0.1) is 26.2 Å². The van der Waals surface area contributed by atoms with Gasteiger partial charge in [-0.25, -0.2) is 4.39 Å². The van der Waals surface area contributed by atoms with Crippen LogP contribution < -0.4 is 4.90 Å². The average molecular weight is 223 g/mol. The highest BCUT2D eigenvalue weighted by molar-refractivity contribution is 5.89. The summed E-state index contributed by atoms with van der Waals surface area (Å²) in [4.78, 5) is 4.20. The second-order valence-electron chi connectivity index (χ2n) is 4.34. The van der Waals surface area contributed by atoms with Crippen molar-refractivity contribution in [2.75, 3.05) is 20.6 Å². The lowest BCUT2D eigenvalue weighted by Crippen LogP contribution is -3.05. The molecule has 86 valence electrons. The summed E-state index contributed by atoms with van der Waals surface area (Å²) in [6, 6.07) is 2.67. The number of phenolic OH excluding ortho intramolecular Hbond substituents is 1. The number of hydrogen-bond acceptors (Lipinski definition) is 1. The molecule has 0 fully saturated rings. The van der Waals surface area contributed by atoms with Gasteiger partial charge in [0, 0.05) is 18.0 Å². The second-order valence-corrected chi connectivity index (χ2v) is 4.34. The van der Waals surface area contributed by atoms with E-state index in [1.165, 1.54) is 17.0 Å². The molecule has 1 aromatic heterocycles. The molecule has 1 aromatic carbocycles. The molecule has 3 N–H and O–H groups in total. The monoisotopic (exact) mass is 223 g/mol. The molecule has 0 aliphatic rings. The number of fused-ring (bicyclic) bond motifs is 1. The number of halogens is 1. The Balaban J connectivity index is 2.43. The standard InChI is InChI=1S/C12H15FN2O/c1-15(2)6-5-8-7-14-12-9(13)3-4-10(16)11(8)12/h3-4,7,14,16H,5-6H2,1-2H3/p+1. The maximum Gasteiger partial charge on any atom is 0.147 e. The third kappa shape index (κ3) is 1.88. The number of likely N-dealkylation sites (N-methyl/N-ethyl adjacent to an activating group) is 1. The molecule has 0 aliphatic heterocycles. The lowest BCUT2D eigenvalue weighted by molar-refractivity contribution is -0.858. The van der Waals surface area contributed by atoms with Crippen molar-refractivity contribution in [1.29, 1.82) is 0 Å². The van der Waals surface area contributed by atoms with Gasteiger partial charge in [-0.1, -0.05) is 0 Å². The Bertz CT molecular complexity index is 505. The molecule has 0 aliphatic carbocycles. The molecular weight excluding hydrogens is 207 g/mol. The zero-order valence-electron chi connectivity index (χ0n) is 9.47. The number of benzene rings is 1. The summed E-state index contributed by atoms with van der Waals surface area (Å²) >= 11 is 0. The molecule has 0 amide bonds. The average Bonchev–Trinajstić information content (AvgIpc) is 2.65. The second kappa shape index (κ2) is 4.14. The van der Waals surface area contributed by atoms with E-state index in [2.05, 4.69) is 19.1 Å². The van der Waals surface area contributed by atoms with E-state index in [1.54, 1.807) is 6.20 Å². The summed E-state index contributed by atoms with van der Waals surface area (Å²) in [5, 5.41) is 10.3. The van der Waals surface area contributed by atoms with Crippen LogP contribution >= 0.6 is 0 Å². The minimum Gasteiger partial charge on any atom is -0.507 e. The molecule has 0 saturated heterocycles. The van der Waals surface area contributed by atoms with Crippen LogP contribution in [0.5, 0.6) is 5.75 Å². The Labute approximate surface area is 93.5 Å². The summed E-state index contributed by atoms with van der Waals surface area (Å²) in [5.74, 6) is -0.183. The highest BCUT2D eigenvalue weighted by Gasteiger charge is 2.12. The minimum absolute atomic E-state index is 0.140. The van der Waals surface area contributed by atoms with Crippen LogP contribution in [-0.2, 0) is 6.42 Å². The van der Waals surface area contributed by atoms with E-state index in [0.717, 1.165) is 18.5 Å². The summed E-state index contributed by atoms with van der Waals surface area (Å²) in [6.07, 6.45) is 2.59. The zero-order valence-corrected chi connectivity index (χ0v) is 9.47. The molecule has 0 unspecified atom stereocenters. The van der Waals surface area contributed by atoms with Crippen molar-refractivity contribution in [1.82, 2.24) is 4.98 Å². The number of hydrogen-bond donors (Lipinski definition) is 3. The Morgan fingerprint density at radius 3 is 2.81 bits per heavy atom. The third-order valence-electron chi connectivity index (χ3n) is 2.74. The van der Waals surface area contributed by atoms with Gasteiger partial charge >= 0.3 is 0 Å². The molecule has 0 spiro atoms. The summed E-state index contributed by atoms with van der Waals surface area (Å²) in [6.45, 7) is 0.947. The number of nitrogens with one attached hydrogen (secondary N) is 2. The first kappa shape index (κ1) is 11.0. The van der Waals surface area contributed by atoms with Crippen LogP contribution in [0.2, 0.25) is 0 Å². The first-order valence-corrected chi connectivity index (χ1v) is 5.36. The number of phenols is 1. The number of rotatable bonds is 3. The lowest BCUT2D eigenvalue weighted by Gasteiger charge is -2.06. The fourth-order valence-corrected chi connectivity index (χ4v) is 1.85. The van der Waals surface area contributed by atoms with Crippen molar-refractivity contribution < 1.29 is 14.4 Å². The van der Waals surface area contributed by atoms with E-state index in [9.17, 15) is 9.50 Å². The predicted molar refractivity (Wildman–Crippen MR) is 61.3 cm³/mol. The predicted octanol–water partition coefficient (Wildman–Crippen LogP) is 0.700. The molecular formula is C12H16FN2O+. The SMILES string of the molecule is C[NH+](C)CCc1c[nH]c2c(F)ccc(O)c12. The molecule has 3 nitrogen and oxygen atoms in total. The van der Waals surface area contributed by atoms with E-state index in [-0.39, 0.29) is 11.6 Å². The van der Waals surface area contributed by atoms with Crippen molar-refractivity contribution in [3.05, 3.63) is 29.7 Å². The van der Waals surface area contributed by atoms with Gasteiger partial charge in [0.25, 0.3) is 0 Å². The summed E-state index contributed by atoms with van der Waals surface area (Å²) < 4.78 is 13.4. The molecule has 16 heavy (non-hydrogen) atoms. The molecule has 0 atom stereocenters. The fraction of sp³-hybridized carbons (Fsp3) is 0.333. The van der Waals surface area contributed by atoms with E-state index in [0.29, 0.717) is 10.9 Å². The normalized spacial score (nSPS) is 11.5. The van der Waals surface area contributed by atoms with Gasteiger partial charge in [-0.05, 0) is 17.7 Å². The first-order valence-electron chi connectivity index (χ1n) is 5.36. The van der Waals surface area contributed by atoms with Crippen LogP contribution in [0.4, 0.5) is 4.39 Å². The largest absolute Gasteiger partial charge is 0.507 e. The van der Waals surface area contributed by atoms with Crippen LogP contribution in [0, 0.1) is 5.82 Å². The van der Waals surface area contributed by atoms with Crippen LogP contribution in [-0.4, -0.2) is 30.7 Å². The third-order valence-corrected chi connectivity index (χ3v) is 2.74. The van der Waals surface area contributed by atoms with E-state index in [1.807, 2.05) is 0 Å². The summed E-state index contributed by atoms with van der Waals surface area (Å²) in [7, 11) is 4.13. The number of quaternary nitrogens is 1. The van der Waals surface area contributed by atoms with Gasteiger partial charge in [-0.15, -0.1) is 0 Å². The van der Waals surface area contributed by atoms with Gasteiger partial charge in [0.1, 0.15) is 11.6 Å². The van der Waals surface area contributed by atoms with Crippen LogP contribution in [0.1, 0.15) is 5.56 Å². The Morgan fingerprint density at radius 2 is 2.12 bits per heavy atom. The topological polar surface area (TPSA) is 40.5 Å². The van der Waals surface area contributed by atoms with Crippen LogP contribution in [0.15, 0.2) is 18.3 Å². The quantitative estimate of drug-likeness (QED) is 0.704.